The zero-order valence-corrected chi connectivity index (χ0v) is 10.6. The molecule has 8 heteroatoms. The van der Waals surface area contributed by atoms with Crippen LogP contribution in [0.4, 0.5) is 4.79 Å². The van der Waals surface area contributed by atoms with E-state index >= 15 is 0 Å². The van der Waals surface area contributed by atoms with Gasteiger partial charge >= 0.3 is 6.09 Å². The number of amides is 1. The first-order valence-corrected chi connectivity index (χ1v) is 5.95. The van der Waals surface area contributed by atoms with E-state index in [0.29, 0.717) is 13.2 Å². The molecule has 3 heterocycles. The maximum atomic E-state index is 9.91. The number of hydrogen-bond donors (Lipinski definition) is 3. The molecular weight excluding hydrogens is 260 g/mol. The minimum absolute atomic E-state index is 0.296. The predicted octanol–water partition coefficient (Wildman–Crippen LogP) is 1.09. The number of cyclic esters (lactones) is 1. The van der Waals surface area contributed by atoms with Gasteiger partial charge in [0.1, 0.15) is 6.61 Å². The van der Waals surface area contributed by atoms with Crippen molar-refractivity contribution in [2.45, 2.75) is 0 Å². The van der Waals surface area contributed by atoms with E-state index in [9.17, 15) is 4.79 Å². The van der Waals surface area contributed by atoms with Crippen LogP contribution in [-0.2, 0) is 4.74 Å². The fourth-order valence-corrected chi connectivity index (χ4v) is 1.40. The number of alkyl carbamates (subject to hydrolysis) is 1. The van der Waals surface area contributed by atoms with Crippen molar-refractivity contribution in [1.82, 2.24) is 30.9 Å². The lowest BCUT2D eigenvalue weighted by molar-refractivity contribution is 0.178. The van der Waals surface area contributed by atoms with Crippen molar-refractivity contribution in [3.8, 4) is 0 Å². The summed E-state index contributed by atoms with van der Waals surface area (Å²) in [5, 5.41) is 19.7. The average molecular weight is 274 g/mol. The van der Waals surface area contributed by atoms with Gasteiger partial charge in [-0.2, -0.15) is 20.5 Å². The minimum atomic E-state index is -0.296. The molecule has 0 atom stereocenters. The van der Waals surface area contributed by atoms with Crippen LogP contribution in [0.15, 0.2) is 42.9 Å². The van der Waals surface area contributed by atoms with E-state index in [2.05, 4.69) is 35.7 Å². The molecule has 4 rings (SSSR count). The first-order chi connectivity index (χ1) is 9.86. The standard InChI is InChI=1S/C7H6N2.C3H5NO2.C2H3N3/c1-2-4-7-6(3-1)5-8-9-7;5-3-4-1-2-6-3;1-2-4-5-3-1/h1-5H,(H,8,9);1-2H2,(H,4,5);1-2H,(H,3,4,5). The lowest BCUT2D eigenvalue weighted by Gasteiger charge is -1.81. The summed E-state index contributed by atoms with van der Waals surface area (Å²) >= 11 is 0. The molecule has 0 spiro atoms. The Hall–Kier alpha value is -2.90. The van der Waals surface area contributed by atoms with Crippen LogP contribution >= 0.6 is 0 Å². The SMILES string of the molecule is O=C1NCCO1.c1ccc2[nH]ncc2c1.c1cn[nH]n1. The molecule has 3 N–H and O–H groups in total. The molecule has 1 amide bonds. The molecule has 1 aliphatic rings. The largest absolute Gasteiger partial charge is 0.448 e. The number of nitrogens with one attached hydrogen (secondary N) is 3. The van der Waals surface area contributed by atoms with Crippen LogP contribution in [0, 0.1) is 0 Å². The molecule has 1 fully saturated rings. The van der Waals surface area contributed by atoms with E-state index in [4.69, 9.17) is 0 Å². The number of fused-ring (bicyclic) bond motifs is 1. The number of H-pyrrole nitrogens is 2. The quantitative estimate of drug-likeness (QED) is 0.568. The van der Waals surface area contributed by atoms with Gasteiger partial charge in [0.15, 0.2) is 0 Å². The smallest absolute Gasteiger partial charge is 0.407 e. The molecule has 1 aromatic carbocycles. The Morgan fingerprint density at radius 3 is 2.40 bits per heavy atom. The second kappa shape index (κ2) is 7.52. The predicted molar refractivity (Wildman–Crippen MR) is 71.8 cm³/mol. The monoisotopic (exact) mass is 274 g/mol. The normalized spacial score (nSPS) is 12.5. The molecule has 0 aliphatic carbocycles. The average Bonchev–Trinajstić information content (AvgIpc) is 3.24. The van der Waals surface area contributed by atoms with Gasteiger partial charge in [-0.05, 0) is 6.07 Å². The van der Waals surface area contributed by atoms with Gasteiger partial charge in [0.2, 0.25) is 0 Å². The summed E-state index contributed by atoms with van der Waals surface area (Å²) in [6.07, 6.45) is 4.69. The summed E-state index contributed by atoms with van der Waals surface area (Å²) in [5.74, 6) is 0. The number of hydrogen-bond acceptors (Lipinski definition) is 5. The summed E-state index contributed by atoms with van der Waals surface area (Å²) in [4.78, 5) is 9.91. The summed E-state index contributed by atoms with van der Waals surface area (Å²) in [6.45, 7) is 1.19. The van der Waals surface area contributed by atoms with Gasteiger partial charge in [-0.15, -0.1) is 0 Å². The number of ether oxygens (including phenoxy) is 1. The van der Waals surface area contributed by atoms with Gasteiger partial charge in [-0.1, -0.05) is 18.2 Å². The highest BCUT2D eigenvalue weighted by Gasteiger charge is 2.06. The number of rotatable bonds is 0. The Bertz CT molecular complexity index is 566. The van der Waals surface area contributed by atoms with E-state index in [1.165, 1.54) is 0 Å². The molecule has 1 saturated heterocycles. The van der Waals surface area contributed by atoms with Crippen molar-refractivity contribution >= 4 is 17.0 Å². The van der Waals surface area contributed by atoms with E-state index < -0.39 is 0 Å². The van der Waals surface area contributed by atoms with Gasteiger partial charge < -0.3 is 10.1 Å². The zero-order chi connectivity index (χ0) is 14.0. The van der Waals surface area contributed by atoms with Gasteiger partial charge in [-0.3, -0.25) is 5.10 Å². The molecule has 1 aliphatic heterocycles. The lowest BCUT2D eigenvalue weighted by Crippen LogP contribution is -2.11. The Balaban J connectivity index is 0.000000117. The Morgan fingerprint density at radius 2 is 1.90 bits per heavy atom. The number of aromatic nitrogens is 5. The summed E-state index contributed by atoms with van der Waals surface area (Å²) in [6, 6.07) is 8.01. The molecule has 2 aromatic heterocycles. The number of nitrogens with zero attached hydrogens (tertiary/aromatic N) is 3. The highest BCUT2D eigenvalue weighted by atomic mass is 16.6. The third-order valence-electron chi connectivity index (χ3n) is 2.29. The third-order valence-corrected chi connectivity index (χ3v) is 2.29. The topological polar surface area (TPSA) is 109 Å². The van der Waals surface area contributed by atoms with Crippen molar-refractivity contribution in [2.75, 3.05) is 13.2 Å². The van der Waals surface area contributed by atoms with Crippen LogP contribution < -0.4 is 5.32 Å². The third kappa shape index (κ3) is 4.41. The first kappa shape index (κ1) is 13.5. The maximum absolute atomic E-state index is 9.91. The molecule has 20 heavy (non-hydrogen) atoms. The highest BCUT2D eigenvalue weighted by Crippen LogP contribution is 2.06. The molecule has 3 aromatic rings. The number of carbonyl (C=O) groups is 1. The van der Waals surface area contributed by atoms with Crippen LogP contribution in [0.1, 0.15) is 0 Å². The molecule has 0 saturated carbocycles. The molecule has 0 unspecified atom stereocenters. The van der Waals surface area contributed by atoms with Crippen LogP contribution in [0.3, 0.4) is 0 Å². The Labute approximate surface area is 114 Å². The zero-order valence-electron chi connectivity index (χ0n) is 10.6. The van der Waals surface area contributed by atoms with E-state index in [-0.39, 0.29) is 6.09 Å². The van der Waals surface area contributed by atoms with Crippen molar-refractivity contribution in [3.05, 3.63) is 42.9 Å². The number of para-hydroxylation sites is 1. The van der Waals surface area contributed by atoms with Crippen LogP contribution in [0.2, 0.25) is 0 Å². The van der Waals surface area contributed by atoms with E-state index in [0.717, 1.165) is 10.9 Å². The van der Waals surface area contributed by atoms with Gasteiger partial charge in [-0.25, -0.2) is 4.79 Å². The molecular formula is C12H14N6O2. The highest BCUT2D eigenvalue weighted by molar-refractivity contribution is 5.77. The molecule has 0 radical (unpaired) electrons. The van der Waals surface area contributed by atoms with Crippen LogP contribution in [0.5, 0.6) is 0 Å². The number of carbonyl (C=O) groups excluding carboxylic acids is 1. The fourth-order valence-electron chi connectivity index (χ4n) is 1.40. The number of benzene rings is 1. The maximum Gasteiger partial charge on any atom is 0.407 e. The van der Waals surface area contributed by atoms with Crippen LogP contribution in [0.25, 0.3) is 10.9 Å². The molecule has 8 nitrogen and oxygen atoms in total. The number of aromatic amines is 2. The van der Waals surface area contributed by atoms with Crippen molar-refractivity contribution in [2.24, 2.45) is 0 Å². The van der Waals surface area contributed by atoms with Crippen molar-refractivity contribution < 1.29 is 9.53 Å². The fraction of sp³-hybridized carbons (Fsp3) is 0.167. The summed E-state index contributed by atoms with van der Waals surface area (Å²) in [5.41, 5.74) is 1.09. The minimum Gasteiger partial charge on any atom is -0.448 e. The second-order valence-electron chi connectivity index (χ2n) is 3.68. The first-order valence-electron chi connectivity index (χ1n) is 5.95. The Morgan fingerprint density at radius 1 is 1.10 bits per heavy atom. The summed E-state index contributed by atoms with van der Waals surface area (Å²) < 4.78 is 4.40. The van der Waals surface area contributed by atoms with Crippen molar-refractivity contribution in [3.63, 3.8) is 0 Å². The van der Waals surface area contributed by atoms with Crippen molar-refractivity contribution in [1.29, 1.82) is 0 Å². The van der Waals surface area contributed by atoms with Gasteiger partial charge in [0.05, 0.1) is 30.7 Å². The Kier molecular flexibility index (Phi) is 5.08. The van der Waals surface area contributed by atoms with Crippen LogP contribution in [-0.4, -0.2) is 44.9 Å². The second-order valence-corrected chi connectivity index (χ2v) is 3.68. The summed E-state index contributed by atoms with van der Waals surface area (Å²) in [7, 11) is 0. The van der Waals surface area contributed by atoms with Gasteiger partial charge in [0.25, 0.3) is 0 Å². The lowest BCUT2D eigenvalue weighted by atomic mass is 10.3. The van der Waals surface area contributed by atoms with E-state index in [1.54, 1.807) is 12.4 Å². The van der Waals surface area contributed by atoms with Gasteiger partial charge in [0, 0.05) is 5.39 Å². The van der Waals surface area contributed by atoms with E-state index in [1.807, 2.05) is 30.5 Å². The molecule has 104 valence electrons. The molecule has 0 bridgehead atoms.